The first-order chi connectivity index (χ1) is 7.45. The van der Waals surface area contributed by atoms with Crippen LogP contribution < -0.4 is 5.32 Å². The maximum atomic E-state index is 5.16. The molecule has 0 bridgehead atoms. The number of nitrogens with one attached hydrogen (secondary N) is 1. The van der Waals surface area contributed by atoms with Crippen molar-refractivity contribution in [1.82, 2.24) is 5.32 Å². The second-order valence-corrected chi connectivity index (χ2v) is 5.45. The van der Waals surface area contributed by atoms with Crippen molar-refractivity contribution in [2.24, 2.45) is 5.41 Å². The molecule has 1 rings (SSSR count). The standard InChI is InChI=1S/C14H23NO/c1-11(10-16-5)15-13(14(2,3)4)12-8-6-7-9-12/h6-8,11,13,15H,10H2,1-5H3/t11-,13?/m1/s1. The van der Waals surface area contributed by atoms with Crippen molar-refractivity contribution < 1.29 is 4.74 Å². The number of ether oxygens (including phenoxy) is 1. The summed E-state index contributed by atoms with van der Waals surface area (Å²) in [6.07, 6.45) is 6.13. The van der Waals surface area contributed by atoms with Crippen LogP contribution in [0.3, 0.4) is 0 Å². The van der Waals surface area contributed by atoms with Crippen molar-refractivity contribution in [2.45, 2.75) is 39.8 Å². The van der Waals surface area contributed by atoms with Crippen LogP contribution in [0.2, 0.25) is 0 Å². The molecule has 0 aromatic carbocycles. The van der Waals surface area contributed by atoms with E-state index in [9.17, 15) is 0 Å². The second-order valence-electron chi connectivity index (χ2n) is 5.45. The minimum atomic E-state index is 0.173. The van der Waals surface area contributed by atoms with Gasteiger partial charge in [0.15, 0.2) is 0 Å². The monoisotopic (exact) mass is 221 g/mol. The third-order valence-corrected chi connectivity index (χ3v) is 2.67. The summed E-state index contributed by atoms with van der Waals surface area (Å²) in [7, 11) is 1.74. The number of hydrogen-bond acceptors (Lipinski definition) is 2. The lowest BCUT2D eigenvalue weighted by atomic mass is 9.82. The van der Waals surface area contributed by atoms with Crippen molar-refractivity contribution in [2.75, 3.05) is 13.7 Å². The Labute approximate surface area is 99.1 Å². The van der Waals surface area contributed by atoms with Gasteiger partial charge in [-0.3, -0.25) is 0 Å². The molecule has 0 heterocycles. The fourth-order valence-electron chi connectivity index (χ4n) is 1.91. The summed E-state index contributed by atoms with van der Waals surface area (Å²) in [4.78, 5) is 0. The Morgan fingerprint density at radius 3 is 2.56 bits per heavy atom. The van der Waals surface area contributed by atoms with Crippen molar-refractivity contribution in [3.8, 4) is 0 Å². The lowest BCUT2D eigenvalue weighted by Gasteiger charge is -2.34. The number of allylic oxidation sites excluding steroid dienone is 1. The van der Waals surface area contributed by atoms with E-state index >= 15 is 0 Å². The van der Waals surface area contributed by atoms with Gasteiger partial charge in [0.1, 0.15) is 0 Å². The Morgan fingerprint density at radius 2 is 2.12 bits per heavy atom. The molecule has 0 aromatic rings. The lowest BCUT2D eigenvalue weighted by molar-refractivity contribution is 0.157. The summed E-state index contributed by atoms with van der Waals surface area (Å²) >= 11 is 0. The fourth-order valence-corrected chi connectivity index (χ4v) is 1.91. The molecule has 16 heavy (non-hydrogen) atoms. The molecular formula is C14H23NO. The average molecular weight is 221 g/mol. The van der Waals surface area contributed by atoms with Crippen molar-refractivity contribution >= 4 is 0 Å². The van der Waals surface area contributed by atoms with Crippen LogP contribution in [-0.2, 0) is 4.74 Å². The van der Waals surface area contributed by atoms with Gasteiger partial charge in [-0.15, -0.1) is 5.73 Å². The normalized spacial score (nSPS) is 18.7. The Hall–Kier alpha value is -0.820. The van der Waals surface area contributed by atoms with Gasteiger partial charge in [-0.25, -0.2) is 0 Å². The Bertz CT molecular complexity index is 316. The first-order valence-electron chi connectivity index (χ1n) is 5.83. The Morgan fingerprint density at radius 1 is 1.44 bits per heavy atom. The zero-order valence-electron chi connectivity index (χ0n) is 11.0. The van der Waals surface area contributed by atoms with Crippen LogP contribution in [0.15, 0.2) is 29.5 Å². The third kappa shape index (κ3) is 3.64. The second kappa shape index (κ2) is 5.49. The van der Waals surface area contributed by atoms with Gasteiger partial charge in [-0.2, -0.15) is 0 Å². The summed E-state index contributed by atoms with van der Waals surface area (Å²) in [5.41, 5.74) is 4.69. The summed E-state index contributed by atoms with van der Waals surface area (Å²) in [5, 5.41) is 3.60. The van der Waals surface area contributed by atoms with Gasteiger partial charge in [0.2, 0.25) is 0 Å². The van der Waals surface area contributed by atoms with Crippen LogP contribution in [-0.4, -0.2) is 25.8 Å². The molecule has 2 nitrogen and oxygen atoms in total. The predicted molar refractivity (Wildman–Crippen MR) is 68.5 cm³/mol. The zero-order valence-corrected chi connectivity index (χ0v) is 11.0. The number of methoxy groups -OCH3 is 1. The van der Waals surface area contributed by atoms with Gasteiger partial charge in [0.05, 0.1) is 6.61 Å². The summed E-state index contributed by atoms with van der Waals surface area (Å²) in [6.45, 7) is 9.60. The number of rotatable bonds is 5. The third-order valence-electron chi connectivity index (χ3n) is 2.67. The molecule has 0 fully saturated rings. The van der Waals surface area contributed by atoms with Crippen molar-refractivity contribution in [3.63, 3.8) is 0 Å². The van der Waals surface area contributed by atoms with E-state index in [0.29, 0.717) is 12.1 Å². The molecule has 0 aromatic heterocycles. The van der Waals surface area contributed by atoms with E-state index in [-0.39, 0.29) is 5.41 Å². The van der Waals surface area contributed by atoms with E-state index in [4.69, 9.17) is 4.74 Å². The maximum absolute atomic E-state index is 5.16. The van der Waals surface area contributed by atoms with Crippen LogP contribution in [0.4, 0.5) is 0 Å². The fraction of sp³-hybridized carbons (Fsp3) is 0.643. The minimum Gasteiger partial charge on any atom is -0.383 e. The topological polar surface area (TPSA) is 21.3 Å². The van der Waals surface area contributed by atoms with Crippen LogP contribution in [0, 0.1) is 5.41 Å². The minimum absolute atomic E-state index is 0.173. The van der Waals surface area contributed by atoms with Crippen LogP contribution in [0.25, 0.3) is 0 Å². The molecule has 1 unspecified atom stereocenters. The SMILES string of the molecule is COC[C@@H](C)NC(C1=C=CC=C1)C(C)(C)C. The predicted octanol–water partition coefficient (Wildman–Crippen LogP) is 2.68. The number of hydrogen-bond donors (Lipinski definition) is 1. The molecule has 0 saturated heterocycles. The van der Waals surface area contributed by atoms with E-state index < -0.39 is 0 Å². The van der Waals surface area contributed by atoms with Gasteiger partial charge in [0.25, 0.3) is 0 Å². The molecule has 90 valence electrons. The van der Waals surface area contributed by atoms with E-state index in [0.717, 1.165) is 6.61 Å². The quantitative estimate of drug-likeness (QED) is 0.721. The Balaban J connectivity index is 2.73. The Kier molecular flexibility index (Phi) is 4.55. The van der Waals surface area contributed by atoms with Gasteiger partial charge < -0.3 is 10.1 Å². The molecular weight excluding hydrogens is 198 g/mol. The highest BCUT2D eigenvalue weighted by Crippen LogP contribution is 2.27. The van der Waals surface area contributed by atoms with E-state index in [1.54, 1.807) is 7.11 Å². The van der Waals surface area contributed by atoms with Crippen LogP contribution >= 0.6 is 0 Å². The molecule has 0 amide bonds. The molecule has 1 aliphatic carbocycles. The maximum Gasteiger partial charge on any atom is 0.0613 e. The van der Waals surface area contributed by atoms with Gasteiger partial charge in [0, 0.05) is 24.8 Å². The molecule has 0 radical (unpaired) electrons. The van der Waals surface area contributed by atoms with Gasteiger partial charge in [-0.05, 0) is 24.5 Å². The van der Waals surface area contributed by atoms with Gasteiger partial charge >= 0.3 is 0 Å². The lowest BCUT2D eigenvalue weighted by Crippen LogP contribution is -2.47. The summed E-state index contributed by atoms with van der Waals surface area (Å²) in [6, 6.07) is 0.658. The molecule has 2 atom stereocenters. The molecule has 0 spiro atoms. The highest BCUT2D eigenvalue weighted by Gasteiger charge is 2.28. The summed E-state index contributed by atoms with van der Waals surface area (Å²) < 4.78 is 5.16. The van der Waals surface area contributed by atoms with E-state index in [1.165, 1.54) is 5.57 Å². The van der Waals surface area contributed by atoms with Crippen molar-refractivity contribution in [3.05, 3.63) is 29.5 Å². The van der Waals surface area contributed by atoms with Gasteiger partial charge in [-0.1, -0.05) is 26.8 Å². The van der Waals surface area contributed by atoms with E-state index in [1.807, 2.05) is 12.2 Å². The smallest absolute Gasteiger partial charge is 0.0613 e. The average Bonchev–Trinajstić information content (AvgIpc) is 2.65. The van der Waals surface area contributed by atoms with Crippen LogP contribution in [0.1, 0.15) is 27.7 Å². The largest absolute Gasteiger partial charge is 0.383 e. The summed E-state index contributed by atoms with van der Waals surface area (Å²) in [5.74, 6) is 0. The zero-order chi connectivity index (χ0) is 12.2. The molecule has 1 aliphatic rings. The van der Waals surface area contributed by atoms with Crippen LogP contribution in [0.5, 0.6) is 0 Å². The first-order valence-corrected chi connectivity index (χ1v) is 5.83. The molecule has 0 saturated carbocycles. The highest BCUT2D eigenvalue weighted by molar-refractivity contribution is 5.34. The molecule has 0 aliphatic heterocycles. The molecule has 2 heteroatoms. The first kappa shape index (κ1) is 13.2. The highest BCUT2D eigenvalue weighted by atomic mass is 16.5. The molecule has 1 N–H and O–H groups in total. The van der Waals surface area contributed by atoms with Crippen molar-refractivity contribution in [1.29, 1.82) is 0 Å². The van der Waals surface area contributed by atoms with E-state index in [2.05, 4.69) is 44.8 Å².